The van der Waals surface area contributed by atoms with Gasteiger partial charge in [0.1, 0.15) is 5.52 Å². The summed E-state index contributed by atoms with van der Waals surface area (Å²) in [7, 11) is 0. The summed E-state index contributed by atoms with van der Waals surface area (Å²) in [6.45, 7) is 2.20. The van der Waals surface area contributed by atoms with Gasteiger partial charge in [-0.2, -0.15) is 0 Å². The van der Waals surface area contributed by atoms with Crippen molar-refractivity contribution in [3.63, 3.8) is 0 Å². The van der Waals surface area contributed by atoms with Gasteiger partial charge in [-0.05, 0) is 43.0 Å². The van der Waals surface area contributed by atoms with Gasteiger partial charge in [-0.15, -0.1) is 5.10 Å². The molecule has 0 amide bonds. The number of nitrogens with one attached hydrogen (secondary N) is 1. The lowest BCUT2D eigenvalue weighted by atomic mass is 9.91. The summed E-state index contributed by atoms with van der Waals surface area (Å²) in [6.07, 6.45) is 2.50. The summed E-state index contributed by atoms with van der Waals surface area (Å²) in [5.74, 6) is 0.605. The zero-order chi connectivity index (χ0) is 10.1. The quantitative estimate of drug-likeness (QED) is 0.766. The molecule has 2 aromatic rings. The van der Waals surface area contributed by atoms with Crippen molar-refractivity contribution < 1.29 is 4.52 Å². The van der Waals surface area contributed by atoms with E-state index in [1.54, 1.807) is 0 Å². The molecule has 0 radical (unpaired) electrons. The van der Waals surface area contributed by atoms with Crippen LogP contribution in [-0.4, -0.2) is 23.5 Å². The van der Waals surface area contributed by atoms with Gasteiger partial charge in [-0.25, -0.2) is 0 Å². The Kier molecular flexibility index (Phi) is 2.14. The van der Waals surface area contributed by atoms with Gasteiger partial charge in [-0.1, -0.05) is 6.07 Å². The Labute approximate surface area is 87.6 Å². The number of aromatic nitrogens is 2. The second-order valence-electron chi connectivity index (χ2n) is 4.04. The van der Waals surface area contributed by atoms with Crippen LogP contribution in [0, 0.1) is 0 Å². The van der Waals surface area contributed by atoms with Gasteiger partial charge in [0.2, 0.25) is 0 Å². The van der Waals surface area contributed by atoms with E-state index in [9.17, 15) is 0 Å². The summed E-state index contributed by atoms with van der Waals surface area (Å²) >= 11 is 0. The maximum absolute atomic E-state index is 5.07. The highest BCUT2D eigenvalue weighted by atomic mass is 16.5. The van der Waals surface area contributed by atoms with Crippen LogP contribution in [-0.2, 0) is 0 Å². The van der Waals surface area contributed by atoms with Crippen LogP contribution < -0.4 is 5.32 Å². The maximum atomic E-state index is 5.07. The predicted molar refractivity (Wildman–Crippen MR) is 56.6 cm³/mol. The van der Waals surface area contributed by atoms with Gasteiger partial charge in [0.25, 0.3) is 0 Å². The van der Waals surface area contributed by atoms with Gasteiger partial charge in [-0.3, -0.25) is 0 Å². The van der Waals surface area contributed by atoms with E-state index in [1.165, 1.54) is 18.4 Å². The molecule has 1 aliphatic rings. The molecule has 1 aliphatic heterocycles. The molecule has 2 heterocycles. The van der Waals surface area contributed by atoms with Crippen molar-refractivity contribution in [2.75, 3.05) is 13.1 Å². The summed E-state index contributed by atoms with van der Waals surface area (Å²) in [5.41, 5.74) is 2.95. The van der Waals surface area contributed by atoms with E-state index < -0.39 is 0 Å². The Morgan fingerprint density at radius 2 is 2.40 bits per heavy atom. The van der Waals surface area contributed by atoms with Crippen LogP contribution in [0.15, 0.2) is 22.7 Å². The molecule has 1 aromatic carbocycles. The first-order chi connectivity index (χ1) is 7.43. The monoisotopic (exact) mass is 203 g/mol. The first-order valence-electron chi connectivity index (χ1n) is 5.36. The topological polar surface area (TPSA) is 51.0 Å². The van der Waals surface area contributed by atoms with Gasteiger partial charge in [0, 0.05) is 11.8 Å². The molecule has 1 saturated heterocycles. The number of hydrogen-bond donors (Lipinski definition) is 1. The molecule has 0 bridgehead atoms. The lowest BCUT2D eigenvalue weighted by Gasteiger charge is -2.22. The predicted octanol–water partition coefficient (Wildman–Crippen LogP) is 1.69. The molecule has 1 atom stereocenters. The molecule has 15 heavy (non-hydrogen) atoms. The van der Waals surface area contributed by atoms with Crippen LogP contribution in [0.3, 0.4) is 0 Å². The highest BCUT2D eigenvalue weighted by Gasteiger charge is 2.16. The number of piperidine rings is 1. The third-order valence-corrected chi connectivity index (χ3v) is 3.04. The Morgan fingerprint density at radius 1 is 1.40 bits per heavy atom. The number of rotatable bonds is 1. The van der Waals surface area contributed by atoms with E-state index in [0.717, 1.165) is 24.2 Å². The summed E-state index contributed by atoms with van der Waals surface area (Å²) in [5, 5.41) is 10.8. The van der Waals surface area contributed by atoms with Gasteiger partial charge >= 0.3 is 0 Å². The molecule has 1 unspecified atom stereocenters. The van der Waals surface area contributed by atoms with Crippen molar-refractivity contribution >= 4 is 11.1 Å². The summed E-state index contributed by atoms with van der Waals surface area (Å²) in [4.78, 5) is 0. The van der Waals surface area contributed by atoms with E-state index in [0.29, 0.717) is 5.92 Å². The zero-order valence-electron chi connectivity index (χ0n) is 8.44. The van der Waals surface area contributed by atoms with Gasteiger partial charge in [0.05, 0.1) is 0 Å². The Balaban J connectivity index is 1.95. The zero-order valence-corrected chi connectivity index (χ0v) is 8.44. The second kappa shape index (κ2) is 3.62. The van der Waals surface area contributed by atoms with Crippen molar-refractivity contribution in [2.45, 2.75) is 18.8 Å². The second-order valence-corrected chi connectivity index (χ2v) is 4.04. The number of fused-ring (bicyclic) bond motifs is 1. The third kappa shape index (κ3) is 1.61. The van der Waals surface area contributed by atoms with Crippen molar-refractivity contribution in [3.05, 3.63) is 23.8 Å². The van der Waals surface area contributed by atoms with Crippen LogP contribution >= 0.6 is 0 Å². The molecule has 0 spiro atoms. The lowest BCUT2D eigenvalue weighted by molar-refractivity contribution is 0.422. The van der Waals surface area contributed by atoms with Crippen LogP contribution in [0.5, 0.6) is 0 Å². The molecule has 0 aliphatic carbocycles. The Morgan fingerprint density at radius 3 is 3.27 bits per heavy atom. The minimum atomic E-state index is 0.605. The first kappa shape index (κ1) is 8.85. The fraction of sp³-hybridized carbons (Fsp3) is 0.455. The summed E-state index contributed by atoms with van der Waals surface area (Å²) in [6, 6.07) is 6.17. The van der Waals surface area contributed by atoms with Gasteiger partial charge in [0.15, 0.2) is 5.58 Å². The van der Waals surface area contributed by atoms with E-state index in [2.05, 4.69) is 27.8 Å². The normalized spacial score (nSPS) is 22.0. The fourth-order valence-electron chi connectivity index (χ4n) is 2.19. The van der Waals surface area contributed by atoms with Crippen LogP contribution in [0.4, 0.5) is 0 Å². The van der Waals surface area contributed by atoms with Crippen molar-refractivity contribution in [3.8, 4) is 0 Å². The fourth-order valence-corrected chi connectivity index (χ4v) is 2.19. The average Bonchev–Trinajstić information content (AvgIpc) is 2.77. The van der Waals surface area contributed by atoms with Crippen LogP contribution in [0.2, 0.25) is 0 Å². The van der Waals surface area contributed by atoms with E-state index in [1.807, 2.05) is 6.07 Å². The molecular formula is C11H13N3O. The number of hydrogen-bond acceptors (Lipinski definition) is 4. The molecule has 4 nitrogen and oxygen atoms in total. The molecular weight excluding hydrogens is 190 g/mol. The Bertz CT molecular complexity index is 460. The minimum absolute atomic E-state index is 0.605. The molecule has 3 rings (SSSR count). The molecule has 78 valence electrons. The SMILES string of the molecule is c1cc2nnoc2cc1C1CCCNC1. The molecule has 1 fully saturated rings. The molecule has 1 aromatic heterocycles. The van der Waals surface area contributed by atoms with Crippen molar-refractivity contribution in [1.82, 2.24) is 15.7 Å². The lowest BCUT2D eigenvalue weighted by Crippen LogP contribution is -2.28. The minimum Gasteiger partial charge on any atom is -0.337 e. The van der Waals surface area contributed by atoms with Gasteiger partial charge < -0.3 is 9.84 Å². The first-order valence-corrected chi connectivity index (χ1v) is 5.36. The van der Waals surface area contributed by atoms with E-state index in [4.69, 9.17) is 4.52 Å². The summed E-state index contributed by atoms with van der Waals surface area (Å²) < 4.78 is 5.07. The largest absolute Gasteiger partial charge is 0.337 e. The van der Waals surface area contributed by atoms with Crippen molar-refractivity contribution in [2.24, 2.45) is 0 Å². The third-order valence-electron chi connectivity index (χ3n) is 3.04. The Hall–Kier alpha value is -1.42. The average molecular weight is 203 g/mol. The highest BCUT2D eigenvalue weighted by molar-refractivity contribution is 5.72. The van der Waals surface area contributed by atoms with Crippen molar-refractivity contribution in [1.29, 1.82) is 0 Å². The van der Waals surface area contributed by atoms with E-state index >= 15 is 0 Å². The molecule has 1 N–H and O–H groups in total. The smallest absolute Gasteiger partial charge is 0.187 e. The van der Waals surface area contributed by atoms with Crippen LogP contribution in [0.1, 0.15) is 24.3 Å². The molecule has 4 heteroatoms. The number of nitrogens with zero attached hydrogens (tertiary/aromatic N) is 2. The van der Waals surface area contributed by atoms with E-state index in [-0.39, 0.29) is 0 Å². The highest BCUT2D eigenvalue weighted by Crippen LogP contribution is 2.25. The molecule has 0 saturated carbocycles. The van der Waals surface area contributed by atoms with Crippen LogP contribution in [0.25, 0.3) is 11.1 Å². The standard InChI is InChI=1S/C11H13N3O/c1-2-9(7-12-5-1)8-3-4-10-11(6-8)15-14-13-10/h3-4,6,9,12H,1-2,5,7H2. The maximum Gasteiger partial charge on any atom is 0.187 e. The number of benzene rings is 1.